The summed E-state index contributed by atoms with van der Waals surface area (Å²) in [6.45, 7) is 0.690. The summed E-state index contributed by atoms with van der Waals surface area (Å²) in [4.78, 5) is 11.0. The minimum Gasteiger partial charge on any atom is -0.497 e. The number of anilines is 1. The topological polar surface area (TPSA) is 58.6 Å². The summed E-state index contributed by atoms with van der Waals surface area (Å²) >= 11 is 0. The average molecular weight is 247 g/mol. The molecule has 0 aliphatic carbocycles. The quantitative estimate of drug-likeness (QED) is 0.574. The summed E-state index contributed by atoms with van der Waals surface area (Å²) in [6.07, 6.45) is 7.73. The molecule has 0 unspecified atom stereocenters. The number of nitrogens with one attached hydrogen (secondary N) is 1. The molecule has 96 valence electrons. The SMILES string of the molecule is C#CCCCCNc1cc(OC)ccc1C(=O)O. The summed E-state index contributed by atoms with van der Waals surface area (Å²) in [6, 6.07) is 4.85. The van der Waals surface area contributed by atoms with Crippen molar-refractivity contribution in [3.05, 3.63) is 23.8 Å². The van der Waals surface area contributed by atoms with Crippen molar-refractivity contribution in [1.82, 2.24) is 0 Å². The highest BCUT2D eigenvalue weighted by molar-refractivity contribution is 5.94. The van der Waals surface area contributed by atoms with Crippen molar-refractivity contribution < 1.29 is 14.6 Å². The first kappa shape index (κ1) is 13.9. The van der Waals surface area contributed by atoms with E-state index < -0.39 is 5.97 Å². The minimum absolute atomic E-state index is 0.243. The molecule has 0 radical (unpaired) electrons. The summed E-state index contributed by atoms with van der Waals surface area (Å²) in [7, 11) is 1.55. The Morgan fingerprint density at radius 2 is 2.28 bits per heavy atom. The van der Waals surface area contributed by atoms with Gasteiger partial charge in [0.15, 0.2) is 0 Å². The van der Waals surface area contributed by atoms with Gasteiger partial charge < -0.3 is 15.2 Å². The van der Waals surface area contributed by atoms with Gasteiger partial charge in [0.25, 0.3) is 0 Å². The zero-order chi connectivity index (χ0) is 13.4. The molecular formula is C14H17NO3. The fourth-order valence-electron chi connectivity index (χ4n) is 1.56. The Hall–Kier alpha value is -2.15. The van der Waals surface area contributed by atoms with Gasteiger partial charge in [-0.05, 0) is 25.0 Å². The Balaban J connectivity index is 2.66. The Labute approximate surface area is 107 Å². The lowest BCUT2D eigenvalue weighted by Gasteiger charge is -2.10. The monoisotopic (exact) mass is 247 g/mol. The molecule has 0 saturated heterocycles. The molecule has 2 N–H and O–H groups in total. The van der Waals surface area contributed by atoms with Gasteiger partial charge >= 0.3 is 5.97 Å². The first-order chi connectivity index (χ1) is 8.69. The summed E-state index contributed by atoms with van der Waals surface area (Å²) in [5, 5.41) is 12.2. The third-order valence-corrected chi connectivity index (χ3v) is 2.52. The molecule has 1 rings (SSSR count). The van der Waals surface area contributed by atoms with Crippen LogP contribution in [0.15, 0.2) is 18.2 Å². The maximum Gasteiger partial charge on any atom is 0.337 e. The van der Waals surface area contributed by atoms with Gasteiger partial charge in [0.05, 0.1) is 18.4 Å². The molecule has 0 fully saturated rings. The van der Waals surface area contributed by atoms with E-state index in [0.717, 1.165) is 19.3 Å². The summed E-state index contributed by atoms with van der Waals surface area (Å²) in [5.41, 5.74) is 0.815. The molecule has 0 heterocycles. The summed E-state index contributed by atoms with van der Waals surface area (Å²) in [5.74, 6) is 2.25. The Morgan fingerprint density at radius 1 is 1.50 bits per heavy atom. The number of hydrogen-bond donors (Lipinski definition) is 2. The van der Waals surface area contributed by atoms with Gasteiger partial charge in [-0.1, -0.05) is 0 Å². The van der Waals surface area contributed by atoms with Crippen LogP contribution in [-0.2, 0) is 0 Å². The van der Waals surface area contributed by atoms with Crippen LogP contribution >= 0.6 is 0 Å². The lowest BCUT2D eigenvalue weighted by atomic mass is 10.1. The fourth-order valence-corrected chi connectivity index (χ4v) is 1.56. The van der Waals surface area contributed by atoms with Gasteiger partial charge in [0, 0.05) is 19.0 Å². The van der Waals surface area contributed by atoms with Gasteiger partial charge in [-0.15, -0.1) is 12.3 Å². The zero-order valence-corrected chi connectivity index (χ0v) is 10.4. The van der Waals surface area contributed by atoms with Crippen LogP contribution in [0.4, 0.5) is 5.69 Å². The highest BCUT2D eigenvalue weighted by Gasteiger charge is 2.10. The van der Waals surface area contributed by atoms with Gasteiger partial charge in [-0.25, -0.2) is 4.79 Å². The molecule has 18 heavy (non-hydrogen) atoms. The second-order valence-corrected chi connectivity index (χ2v) is 3.80. The highest BCUT2D eigenvalue weighted by Crippen LogP contribution is 2.22. The van der Waals surface area contributed by atoms with Crippen LogP contribution in [0.1, 0.15) is 29.6 Å². The van der Waals surface area contributed by atoms with Crippen molar-refractivity contribution in [3.63, 3.8) is 0 Å². The van der Waals surface area contributed by atoms with E-state index >= 15 is 0 Å². The van der Waals surface area contributed by atoms with Crippen LogP contribution in [-0.4, -0.2) is 24.7 Å². The number of unbranched alkanes of at least 4 members (excludes halogenated alkanes) is 2. The van der Waals surface area contributed by atoms with E-state index in [0.29, 0.717) is 18.0 Å². The van der Waals surface area contributed by atoms with E-state index in [1.54, 1.807) is 19.2 Å². The van der Waals surface area contributed by atoms with Gasteiger partial charge in [0.2, 0.25) is 0 Å². The van der Waals surface area contributed by atoms with E-state index in [9.17, 15) is 4.79 Å². The molecule has 0 spiro atoms. The normalized spacial score (nSPS) is 9.56. The summed E-state index contributed by atoms with van der Waals surface area (Å²) < 4.78 is 5.07. The minimum atomic E-state index is -0.955. The van der Waals surface area contributed by atoms with Crippen molar-refractivity contribution in [2.45, 2.75) is 19.3 Å². The second kappa shape index (κ2) is 7.23. The zero-order valence-electron chi connectivity index (χ0n) is 10.4. The number of ether oxygens (including phenoxy) is 1. The van der Waals surface area contributed by atoms with Crippen LogP contribution in [0.3, 0.4) is 0 Å². The number of rotatable bonds is 7. The molecule has 1 aromatic rings. The van der Waals surface area contributed by atoms with Gasteiger partial charge in [0.1, 0.15) is 5.75 Å². The number of aromatic carboxylic acids is 1. The molecule has 4 nitrogen and oxygen atoms in total. The Kier molecular flexibility index (Phi) is 5.59. The van der Waals surface area contributed by atoms with E-state index in [1.807, 2.05) is 0 Å². The van der Waals surface area contributed by atoms with E-state index in [2.05, 4.69) is 11.2 Å². The van der Waals surface area contributed by atoms with Crippen molar-refractivity contribution in [2.24, 2.45) is 0 Å². The smallest absolute Gasteiger partial charge is 0.337 e. The molecule has 0 aliphatic heterocycles. The maximum absolute atomic E-state index is 11.0. The van der Waals surface area contributed by atoms with Crippen LogP contribution in [0.5, 0.6) is 5.75 Å². The predicted molar refractivity (Wildman–Crippen MR) is 71.1 cm³/mol. The number of carboxylic acids is 1. The highest BCUT2D eigenvalue weighted by atomic mass is 16.5. The lowest BCUT2D eigenvalue weighted by molar-refractivity contribution is 0.0698. The molecule has 1 aromatic carbocycles. The number of carboxylic acid groups (broad SMARTS) is 1. The van der Waals surface area contributed by atoms with Gasteiger partial charge in [-0.2, -0.15) is 0 Å². The molecule has 0 amide bonds. The molecule has 4 heteroatoms. The van der Waals surface area contributed by atoms with Crippen LogP contribution in [0, 0.1) is 12.3 Å². The molecule has 0 saturated carbocycles. The Morgan fingerprint density at radius 3 is 2.89 bits per heavy atom. The van der Waals surface area contributed by atoms with Crippen LogP contribution < -0.4 is 10.1 Å². The average Bonchev–Trinajstić information content (AvgIpc) is 2.38. The Bertz CT molecular complexity index is 449. The van der Waals surface area contributed by atoms with Crippen molar-refractivity contribution in [3.8, 4) is 18.1 Å². The number of terminal acetylenes is 1. The van der Waals surface area contributed by atoms with E-state index in [1.165, 1.54) is 6.07 Å². The third-order valence-electron chi connectivity index (χ3n) is 2.52. The number of carbonyl (C=O) groups is 1. The van der Waals surface area contributed by atoms with Crippen LogP contribution in [0.2, 0.25) is 0 Å². The van der Waals surface area contributed by atoms with E-state index in [-0.39, 0.29) is 5.56 Å². The molecule has 0 atom stereocenters. The van der Waals surface area contributed by atoms with Crippen molar-refractivity contribution >= 4 is 11.7 Å². The van der Waals surface area contributed by atoms with Crippen LogP contribution in [0.25, 0.3) is 0 Å². The standard InChI is InChI=1S/C14H17NO3/c1-3-4-5-6-9-15-13-10-11(18-2)7-8-12(13)14(16)17/h1,7-8,10,15H,4-6,9H2,2H3,(H,16,17). The van der Waals surface area contributed by atoms with Crippen molar-refractivity contribution in [1.29, 1.82) is 0 Å². The van der Waals surface area contributed by atoms with E-state index in [4.69, 9.17) is 16.3 Å². The first-order valence-electron chi connectivity index (χ1n) is 5.77. The van der Waals surface area contributed by atoms with Crippen molar-refractivity contribution in [2.75, 3.05) is 19.0 Å². The lowest BCUT2D eigenvalue weighted by Crippen LogP contribution is -2.08. The molecule has 0 bridgehead atoms. The number of methoxy groups -OCH3 is 1. The molecule has 0 aromatic heterocycles. The largest absolute Gasteiger partial charge is 0.497 e. The number of benzene rings is 1. The third kappa shape index (κ3) is 4.02. The first-order valence-corrected chi connectivity index (χ1v) is 5.77. The molecular weight excluding hydrogens is 230 g/mol. The number of hydrogen-bond acceptors (Lipinski definition) is 3. The molecule has 0 aliphatic rings. The van der Waals surface area contributed by atoms with Gasteiger partial charge in [-0.3, -0.25) is 0 Å². The second-order valence-electron chi connectivity index (χ2n) is 3.80. The maximum atomic E-state index is 11.0. The predicted octanol–water partition coefficient (Wildman–Crippen LogP) is 2.61. The fraction of sp³-hybridized carbons (Fsp3) is 0.357.